The topological polar surface area (TPSA) is 73.2 Å². The molecule has 0 spiro atoms. The van der Waals surface area contributed by atoms with Crippen LogP contribution in [0.1, 0.15) is 22.3 Å². The number of nitrogens with one attached hydrogen (secondary N) is 1. The van der Waals surface area contributed by atoms with Crippen LogP contribution in [0.4, 0.5) is 4.39 Å². The summed E-state index contributed by atoms with van der Waals surface area (Å²) in [5, 5.41) is 6.78. The fraction of sp³-hybridized carbons (Fsp3) is 0.190. The lowest BCUT2D eigenvalue weighted by molar-refractivity contribution is -0.141. The minimum absolute atomic E-state index is 0.0188. The first-order valence-electron chi connectivity index (χ1n) is 8.78. The van der Waals surface area contributed by atoms with Crippen LogP contribution in [-0.4, -0.2) is 34.8 Å². The zero-order valence-electron chi connectivity index (χ0n) is 15.3. The Kier molecular flexibility index (Phi) is 6.16. The lowest BCUT2D eigenvalue weighted by Crippen LogP contribution is -2.38. The van der Waals surface area contributed by atoms with E-state index in [-0.39, 0.29) is 17.7 Å². The van der Waals surface area contributed by atoms with E-state index in [9.17, 15) is 14.0 Å². The summed E-state index contributed by atoms with van der Waals surface area (Å²) < 4.78 is 20.5. The maximum absolute atomic E-state index is 14.4. The van der Waals surface area contributed by atoms with Gasteiger partial charge in [-0.1, -0.05) is 30.3 Å². The molecule has 1 aromatic heterocycles. The molecule has 0 saturated carbocycles. The van der Waals surface area contributed by atoms with Crippen molar-refractivity contribution in [2.24, 2.45) is 0 Å². The van der Waals surface area contributed by atoms with Gasteiger partial charge in [-0.3, -0.25) is 9.59 Å². The van der Waals surface area contributed by atoms with Crippen LogP contribution >= 0.6 is 0 Å². The van der Waals surface area contributed by atoms with Crippen LogP contribution in [-0.2, 0) is 16.0 Å². The van der Waals surface area contributed by atoms with E-state index in [1.807, 2.05) is 30.3 Å². The summed E-state index contributed by atoms with van der Waals surface area (Å²) in [5.41, 5.74) is 1.38. The molecular formula is C21H20FN3O3. The average Bonchev–Trinajstić information content (AvgIpc) is 3.23. The molecule has 1 heterocycles. The van der Waals surface area contributed by atoms with E-state index in [1.54, 1.807) is 18.5 Å². The highest BCUT2D eigenvalue weighted by Crippen LogP contribution is 2.15. The third-order valence-corrected chi connectivity index (χ3v) is 4.26. The first kappa shape index (κ1) is 19.3. The summed E-state index contributed by atoms with van der Waals surface area (Å²) >= 11 is 0. The highest BCUT2D eigenvalue weighted by Gasteiger charge is 2.19. The summed E-state index contributed by atoms with van der Waals surface area (Å²) in [6.45, 7) is 0. The van der Waals surface area contributed by atoms with E-state index < -0.39 is 23.7 Å². The third-order valence-electron chi connectivity index (χ3n) is 4.26. The second-order valence-corrected chi connectivity index (χ2v) is 6.26. The van der Waals surface area contributed by atoms with E-state index in [0.29, 0.717) is 6.42 Å². The van der Waals surface area contributed by atoms with Gasteiger partial charge in [0.2, 0.25) is 0 Å². The molecule has 0 fully saturated rings. The molecule has 144 valence electrons. The second-order valence-electron chi connectivity index (χ2n) is 6.26. The number of ether oxygens (including phenoxy) is 1. The van der Waals surface area contributed by atoms with Crippen molar-refractivity contribution in [1.82, 2.24) is 15.1 Å². The van der Waals surface area contributed by atoms with Crippen LogP contribution in [0.2, 0.25) is 0 Å². The standard InChI is InChI=1S/C21H20FN3O3/c1-28-20(26)14-17(12-15-6-3-2-4-7-15)24-21(27)16-8-9-19(18(22)13-16)25-11-5-10-23-25/h2-11,13,17H,12,14H2,1H3,(H,24,27)/t17-/m1/s1. The number of rotatable bonds is 7. The fourth-order valence-electron chi connectivity index (χ4n) is 2.87. The summed E-state index contributed by atoms with van der Waals surface area (Å²) in [6.07, 6.45) is 3.63. The molecule has 28 heavy (non-hydrogen) atoms. The van der Waals surface area contributed by atoms with Gasteiger partial charge in [-0.2, -0.15) is 5.10 Å². The number of aromatic nitrogens is 2. The van der Waals surface area contributed by atoms with E-state index in [4.69, 9.17) is 4.74 Å². The zero-order valence-corrected chi connectivity index (χ0v) is 15.3. The first-order chi connectivity index (χ1) is 13.6. The molecule has 1 atom stereocenters. The Labute approximate surface area is 161 Å². The summed E-state index contributed by atoms with van der Waals surface area (Å²) in [7, 11) is 1.30. The van der Waals surface area contributed by atoms with Gasteiger partial charge in [0.15, 0.2) is 0 Å². The highest BCUT2D eigenvalue weighted by molar-refractivity contribution is 5.94. The van der Waals surface area contributed by atoms with Crippen LogP contribution < -0.4 is 5.32 Å². The van der Waals surface area contributed by atoms with Crippen molar-refractivity contribution in [3.8, 4) is 5.69 Å². The molecule has 3 rings (SSSR count). The smallest absolute Gasteiger partial charge is 0.307 e. The number of hydrogen-bond donors (Lipinski definition) is 1. The Morgan fingerprint density at radius 2 is 1.96 bits per heavy atom. The predicted molar refractivity (Wildman–Crippen MR) is 102 cm³/mol. The molecule has 0 aliphatic carbocycles. The normalized spacial score (nSPS) is 11.6. The SMILES string of the molecule is COC(=O)C[C@@H](Cc1ccccc1)NC(=O)c1ccc(-n2cccn2)c(F)c1. The molecule has 0 aliphatic heterocycles. The van der Waals surface area contributed by atoms with E-state index in [2.05, 4.69) is 10.4 Å². The monoisotopic (exact) mass is 381 g/mol. The average molecular weight is 381 g/mol. The van der Waals surface area contributed by atoms with E-state index >= 15 is 0 Å². The Hall–Kier alpha value is -3.48. The highest BCUT2D eigenvalue weighted by atomic mass is 19.1. The Bertz CT molecular complexity index is 943. The number of benzene rings is 2. The molecule has 6 nitrogen and oxygen atoms in total. The van der Waals surface area contributed by atoms with Gasteiger partial charge >= 0.3 is 5.97 Å². The van der Waals surface area contributed by atoms with Crippen molar-refractivity contribution >= 4 is 11.9 Å². The molecular weight excluding hydrogens is 361 g/mol. The quantitative estimate of drug-likeness (QED) is 0.639. The Morgan fingerprint density at radius 3 is 2.61 bits per heavy atom. The Morgan fingerprint density at radius 1 is 1.18 bits per heavy atom. The van der Waals surface area contributed by atoms with Crippen molar-refractivity contribution in [1.29, 1.82) is 0 Å². The first-order valence-corrected chi connectivity index (χ1v) is 8.78. The molecule has 0 radical (unpaired) electrons. The third kappa shape index (κ3) is 4.82. The molecule has 3 aromatic rings. The van der Waals surface area contributed by atoms with Crippen LogP contribution in [0.15, 0.2) is 67.0 Å². The molecule has 0 unspecified atom stereocenters. The van der Waals surface area contributed by atoms with Crippen molar-refractivity contribution in [2.75, 3.05) is 7.11 Å². The minimum atomic E-state index is -0.566. The van der Waals surface area contributed by atoms with Gasteiger partial charge in [0.25, 0.3) is 5.91 Å². The summed E-state index contributed by atoms with van der Waals surface area (Å²) in [4.78, 5) is 24.3. The number of carbonyl (C=O) groups excluding carboxylic acids is 2. The molecule has 2 aromatic carbocycles. The van der Waals surface area contributed by atoms with Gasteiger partial charge in [-0.15, -0.1) is 0 Å². The molecule has 0 bridgehead atoms. The molecule has 0 saturated heterocycles. The molecule has 1 amide bonds. The van der Waals surface area contributed by atoms with Crippen molar-refractivity contribution in [3.05, 3.63) is 83.9 Å². The number of esters is 1. The van der Waals surface area contributed by atoms with Crippen molar-refractivity contribution in [2.45, 2.75) is 18.9 Å². The van der Waals surface area contributed by atoms with Crippen LogP contribution in [0.25, 0.3) is 5.69 Å². The molecule has 0 aliphatic rings. The van der Waals surface area contributed by atoms with Gasteiger partial charge in [0, 0.05) is 24.0 Å². The number of amides is 1. The van der Waals surface area contributed by atoms with Crippen molar-refractivity contribution < 1.29 is 18.7 Å². The van der Waals surface area contributed by atoms with Crippen LogP contribution in [0.5, 0.6) is 0 Å². The molecule has 1 N–H and O–H groups in total. The number of carbonyl (C=O) groups is 2. The predicted octanol–water partition coefficient (Wildman–Crippen LogP) is 2.92. The lowest BCUT2D eigenvalue weighted by Gasteiger charge is -2.18. The largest absolute Gasteiger partial charge is 0.469 e. The minimum Gasteiger partial charge on any atom is -0.469 e. The van der Waals surface area contributed by atoms with Gasteiger partial charge in [-0.05, 0) is 36.2 Å². The summed E-state index contributed by atoms with van der Waals surface area (Å²) in [6, 6.07) is 14.9. The van der Waals surface area contributed by atoms with Crippen LogP contribution in [0, 0.1) is 5.82 Å². The van der Waals surface area contributed by atoms with Crippen LogP contribution in [0.3, 0.4) is 0 Å². The van der Waals surface area contributed by atoms with Gasteiger partial charge in [0.05, 0.1) is 13.5 Å². The number of halogens is 1. The second kappa shape index (κ2) is 8.94. The van der Waals surface area contributed by atoms with E-state index in [0.717, 1.165) is 11.6 Å². The van der Waals surface area contributed by atoms with Gasteiger partial charge in [0.1, 0.15) is 11.5 Å². The number of hydrogen-bond acceptors (Lipinski definition) is 4. The fourth-order valence-corrected chi connectivity index (χ4v) is 2.87. The lowest BCUT2D eigenvalue weighted by atomic mass is 10.0. The van der Waals surface area contributed by atoms with E-state index in [1.165, 1.54) is 23.9 Å². The summed E-state index contributed by atoms with van der Waals surface area (Å²) in [5.74, 6) is -1.46. The van der Waals surface area contributed by atoms with Crippen molar-refractivity contribution in [3.63, 3.8) is 0 Å². The number of nitrogens with zero attached hydrogens (tertiary/aromatic N) is 2. The zero-order chi connectivity index (χ0) is 19.9. The maximum Gasteiger partial charge on any atom is 0.307 e. The maximum atomic E-state index is 14.4. The molecule has 7 heteroatoms. The number of methoxy groups -OCH3 is 1. The Balaban J connectivity index is 1.75. The van der Waals surface area contributed by atoms with Gasteiger partial charge in [-0.25, -0.2) is 9.07 Å². The van der Waals surface area contributed by atoms with Gasteiger partial charge < -0.3 is 10.1 Å².